The number of rotatable bonds is 3. The van der Waals surface area contributed by atoms with Crippen molar-refractivity contribution in [2.45, 2.75) is 32.2 Å². The van der Waals surface area contributed by atoms with Crippen LogP contribution in [0, 0.1) is 11.3 Å². The van der Waals surface area contributed by atoms with E-state index < -0.39 is 0 Å². The summed E-state index contributed by atoms with van der Waals surface area (Å²) >= 11 is 0. The van der Waals surface area contributed by atoms with Crippen molar-refractivity contribution in [2.75, 3.05) is 13.1 Å². The Morgan fingerprint density at radius 1 is 1.56 bits per heavy atom. The molecule has 1 saturated carbocycles. The number of aromatic nitrogens is 2. The number of aromatic amines is 1. The molecule has 0 bridgehead atoms. The lowest BCUT2D eigenvalue weighted by Gasteiger charge is -2.23. The lowest BCUT2D eigenvalue weighted by atomic mass is 9.91. The highest BCUT2D eigenvalue weighted by molar-refractivity contribution is 5.83. The first kappa shape index (κ1) is 11.7. The molecule has 5 nitrogen and oxygen atoms in total. The van der Waals surface area contributed by atoms with E-state index in [4.69, 9.17) is 0 Å². The van der Waals surface area contributed by atoms with E-state index in [1.165, 1.54) is 0 Å². The van der Waals surface area contributed by atoms with Gasteiger partial charge in [-0.25, -0.2) is 0 Å². The Kier molecular flexibility index (Phi) is 2.86. The van der Waals surface area contributed by atoms with Gasteiger partial charge in [-0.15, -0.1) is 0 Å². The van der Waals surface area contributed by atoms with E-state index in [-0.39, 0.29) is 17.9 Å². The third kappa shape index (κ3) is 2.03. The smallest absolute Gasteiger partial charge is 0.224 e. The Morgan fingerprint density at radius 2 is 2.33 bits per heavy atom. The minimum atomic E-state index is 0.0376. The molecule has 3 N–H and O–H groups in total. The van der Waals surface area contributed by atoms with Gasteiger partial charge in [0.05, 0.1) is 12.2 Å². The number of nitrogens with zero attached hydrogens (tertiary/aromatic N) is 1. The summed E-state index contributed by atoms with van der Waals surface area (Å²) in [6.07, 6.45) is 6.95. The number of amides is 1. The van der Waals surface area contributed by atoms with Crippen LogP contribution in [0.25, 0.3) is 0 Å². The second-order valence-electron chi connectivity index (χ2n) is 5.63. The largest absolute Gasteiger partial charge is 0.349 e. The van der Waals surface area contributed by atoms with Crippen LogP contribution in [0.1, 0.15) is 37.8 Å². The van der Waals surface area contributed by atoms with Gasteiger partial charge in [0.2, 0.25) is 5.91 Å². The van der Waals surface area contributed by atoms with Gasteiger partial charge < -0.3 is 10.6 Å². The number of carbonyl (C=O) groups is 1. The zero-order valence-corrected chi connectivity index (χ0v) is 10.7. The molecule has 98 valence electrons. The van der Waals surface area contributed by atoms with Gasteiger partial charge in [0.15, 0.2) is 0 Å². The number of piperidine rings is 1. The molecule has 1 aromatic heterocycles. The van der Waals surface area contributed by atoms with Crippen molar-refractivity contribution in [2.24, 2.45) is 11.3 Å². The molecule has 2 atom stereocenters. The second-order valence-corrected chi connectivity index (χ2v) is 5.63. The van der Waals surface area contributed by atoms with Crippen LogP contribution in [0.3, 0.4) is 0 Å². The molecule has 3 rings (SSSR count). The zero-order chi connectivity index (χ0) is 12.6. The first-order valence-electron chi connectivity index (χ1n) is 6.71. The van der Waals surface area contributed by atoms with Crippen LogP contribution in [0.2, 0.25) is 0 Å². The van der Waals surface area contributed by atoms with Crippen LogP contribution in [0.5, 0.6) is 0 Å². The number of nitrogens with one attached hydrogen (secondary N) is 3. The predicted octanol–water partition coefficient (Wildman–Crippen LogP) is 0.977. The summed E-state index contributed by atoms with van der Waals surface area (Å²) in [5.41, 5.74) is 1.34. The van der Waals surface area contributed by atoms with Crippen LogP contribution in [-0.2, 0) is 4.79 Å². The third-order valence-corrected chi connectivity index (χ3v) is 4.48. The van der Waals surface area contributed by atoms with Gasteiger partial charge in [-0.2, -0.15) is 5.10 Å². The van der Waals surface area contributed by atoms with Crippen molar-refractivity contribution in [3.8, 4) is 0 Å². The van der Waals surface area contributed by atoms with Gasteiger partial charge in [-0.05, 0) is 44.7 Å². The molecule has 0 aromatic carbocycles. The Hall–Kier alpha value is -1.36. The number of hydrogen-bond acceptors (Lipinski definition) is 3. The van der Waals surface area contributed by atoms with Gasteiger partial charge >= 0.3 is 0 Å². The average molecular weight is 248 g/mol. The molecule has 1 amide bonds. The fourth-order valence-electron chi connectivity index (χ4n) is 3.09. The molecule has 1 saturated heterocycles. The molecule has 2 aliphatic rings. The molecule has 5 heteroatoms. The number of carbonyl (C=O) groups excluding carboxylic acids is 1. The Morgan fingerprint density at radius 3 is 3.00 bits per heavy atom. The molecular formula is C13H20N4O. The Labute approximate surface area is 107 Å². The van der Waals surface area contributed by atoms with Gasteiger partial charge in [0, 0.05) is 17.7 Å². The molecular weight excluding hydrogens is 228 g/mol. The minimum Gasteiger partial charge on any atom is -0.349 e. The quantitative estimate of drug-likeness (QED) is 0.746. The summed E-state index contributed by atoms with van der Waals surface area (Å²) in [4.78, 5) is 12.2. The zero-order valence-electron chi connectivity index (χ0n) is 10.7. The molecule has 1 spiro atoms. The SMILES string of the molecule is CC(NC(=O)C1CC12CCNCC2)c1cn[nH]c1. The first-order chi connectivity index (χ1) is 8.71. The predicted molar refractivity (Wildman–Crippen MR) is 67.8 cm³/mol. The van der Waals surface area contributed by atoms with Gasteiger partial charge in [-0.3, -0.25) is 9.89 Å². The molecule has 1 aromatic rings. The lowest BCUT2D eigenvalue weighted by Crippen LogP contribution is -2.34. The molecule has 0 radical (unpaired) electrons. The maximum absolute atomic E-state index is 12.2. The van der Waals surface area contributed by atoms with Crippen LogP contribution < -0.4 is 10.6 Å². The van der Waals surface area contributed by atoms with Crippen LogP contribution >= 0.6 is 0 Å². The molecule has 2 heterocycles. The van der Waals surface area contributed by atoms with E-state index in [1.54, 1.807) is 6.20 Å². The number of H-pyrrole nitrogens is 1. The van der Waals surface area contributed by atoms with E-state index in [9.17, 15) is 4.79 Å². The van der Waals surface area contributed by atoms with Gasteiger partial charge in [0.1, 0.15) is 0 Å². The van der Waals surface area contributed by atoms with Gasteiger partial charge in [0.25, 0.3) is 0 Å². The summed E-state index contributed by atoms with van der Waals surface area (Å²) in [5.74, 6) is 0.444. The molecule has 1 aliphatic carbocycles. The summed E-state index contributed by atoms with van der Waals surface area (Å²) in [7, 11) is 0. The molecule has 2 fully saturated rings. The highest BCUT2D eigenvalue weighted by Crippen LogP contribution is 2.58. The van der Waals surface area contributed by atoms with Crippen LogP contribution in [0.4, 0.5) is 0 Å². The van der Waals surface area contributed by atoms with Crippen molar-refractivity contribution in [1.29, 1.82) is 0 Å². The second kappa shape index (κ2) is 4.39. The van der Waals surface area contributed by atoms with Crippen molar-refractivity contribution >= 4 is 5.91 Å². The Bertz CT molecular complexity index is 422. The highest BCUT2D eigenvalue weighted by atomic mass is 16.2. The standard InChI is InChI=1S/C13H20N4O/c1-9(10-7-15-16-8-10)17-12(18)11-6-13(11)2-4-14-5-3-13/h7-9,11,14H,2-6H2,1H3,(H,15,16)(H,17,18). The van der Waals surface area contributed by atoms with E-state index in [0.29, 0.717) is 5.41 Å². The van der Waals surface area contributed by atoms with Crippen LogP contribution in [0.15, 0.2) is 12.4 Å². The summed E-state index contributed by atoms with van der Waals surface area (Å²) in [6, 6.07) is 0.0376. The lowest BCUT2D eigenvalue weighted by molar-refractivity contribution is -0.123. The first-order valence-corrected chi connectivity index (χ1v) is 6.71. The fraction of sp³-hybridized carbons (Fsp3) is 0.692. The summed E-state index contributed by atoms with van der Waals surface area (Å²) in [5, 5.41) is 13.1. The van der Waals surface area contributed by atoms with Gasteiger partial charge in [-0.1, -0.05) is 0 Å². The minimum absolute atomic E-state index is 0.0376. The monoisotopic (exact) mass is 248 g/mol. The van der Waals surface area contributed by atoms with E-state index in [2.05, 4.69) is 20.8 Å². The van der Waals surface area contributed by atoms with Crippen molar-refractivity contribution in [1.82, 2.24) is 20.8 Å². The fourth-order valence-corrected chi connectivity index (χ4v) is 3.09. The normalized spacial score (nSPS) is 26.8. The van der Waals surface area contributed by atoms with Crippen molar-refractivity contribution in [3.63, 3.8) is 0 Å². The van der Waals surface area contributed by atoms with E-state index >= 15 is 0 Å². The van der Waals surface area contributed by atoms with Crippen molar-refractivity contribution < 1.29 is 4.79 Å². The maximum Gasteiger partial charge on any atom is 0.224 e. The maximum atomic E-state index is 12.2. The third-order valence-electron chi connectivity index (χ3n) is 4.48. The summed E-state index contributed by atoms with van der Waals surface area (Å²) < 4.78 is 0. The topological polar surface area (TPSA) is 69.8 Å². The highest BCUT2D eigenvalue weighted by Gasteiger charge is 2.57. The van der Waals surface area contributed by atoms with E-state index in [0.717, 1.165) is 37.9 Å². The van der Waals surface area contributed by atoms with E-state index in [1.807, 2.05) is 13.1 Å². The Balaban J connectivity index is 1.57. The summed E-state index contributed by atoms with van der Waals surface area (Å²) in [6.45, 7) is 4.11. The molecule has 18 heavy (non-hydrogen) atoms. The molecule has 2 unspecified atom stereocenters. The van der Waals surface area contributed by atoms with Crippen molar-refractivity contribution in [3.05, 3.63) is 18.0 Å². The average Bonchev–Trinajstić information content (AvgIpc) is 2.84. The molecule has 1 aliphatic heterocycles. The van der Waals surface area contributed by atoms with Crippen LogP contribution in [-0.4, -0.2) is 29.2 Å². The number of hydrogen-bond donors (Lipinski definition) is 3.